The van der Waals surface area contributed by atoms with E-state index < -0.39 is 17.2 Å². The normalized spacial score (nSPS) is 17.8. The monoisotopic (exact) mass is 421 g/mol. The van der Waals surface area contributed by atoms with Crippen molar-refractivity contribution < 1.29 is 9.59 Å². The number of hydrogen-bond acceptors (Lipinski definition) is 6. The van der Waals surface area contributed by atoms with Gasteiger partial charge < -0.3 is 10.3 Å². The summed E-state index contributed by atoms with van der Waals surface area (Å²) in [5, 5.41) is 10.8. The van der Waals surface area contributed by atoms with Gasteiger partial charge in [0.15, 0.2) is 11.0 Å². The second kappa shape index (κ2) is 7.87. The number of amides is 3. The topological polar surface area (TPSA) is 103 Å². The first kappa shape index (κ1) is 20.9. The third-order valence-electron chi connectivity index (χ3n) is 5.26. The minimum absolute atomic E-state index is 0.315. The maximum Gasteiger partial charge on any atom is 0.318 e. The Morgan fingerprint density at radius 1 is 1.39 bits per heavy atom. The molecule has 0 spiro atoms. The number of nitrogens with zero attached hydrogens (tertiary/aromatic N) is 3. The fourth-order valence-electron chi connectivity index (χ4n) is 3.44. The fourth-order valence-corrected chi connectivity index (χ4v) is 5.48. The van der Waals surface area contributed by atoms with Gasteiger partial charge in [-0.2, -0.15) is 0 Å². The molecular weight excluding hydrogens is 394 g/mol. The molecule has 28 heavy (non-hydrogen) atoms. The van der Waals surface area contributed by atoms with Gasteiger partial charge >= 0.3 is 6.03 Å². The Morgan fingerprint density at radius 2 is 2.11 bits per heavy atom. The van der Waals surface area contributed by atoms with E-state index in [-0.39, 0.29) is 0 Å². The van der Waals surface area contributed by atoms with Crippen molar-refractivity contribution in [1.29, 1.82) is 0 Å². The molecule has 0 fully saturated rings. The minimum atomic E-state index is -0.853. The summed E-state index contributed by atoms with van der Waals surface area (Å²) in [5.74, 6) is 1.05. The Morgan fingerprint density at radius 3 is 2.75 bits per heavy atom. The number of carbonyl (C=O) groups excluding carboxylic acids is 2. The van der Waals surface area contributed by atoms with Gasteiger partial charge in [-0.1, -0.05) is 32.5 Å². The number of aryl methyl sites for hydroxylation is 1. The van der Waals surface area contributed by atoms with Gasteiger partial charge in [-0.25, -0.2) is 4.79 Å². The first-order valence-corrected chi connectivity index (χ1v) is 11.0. The van der Waals surface area contributed by atoms with Crippen molar-refractivity contribution in [3.8, 4) is 10.7 Å². The summed E-state index contributed by atoms with van der Waals surface area (Å²) in [7, 11) is 1.90. The number of thioether (sulfide) groups is 1. The number of aromatic nitrogens is 3. The van der Waals surface area contributed by atoms with E-state index in [4.69, 9.17) is 5.73 Å². The highest BCUT2D eigenvalue weighted by Crippen LogP contribution is 2.42. The molecular formula is C19H27N5O2S2. The quantitative estimate of drug-likeness (QED) is 0.737. The number of rotatable bonds is 4. The lowest BCUT2D eigenvalue weighted by molar-refractivity contribution is -0.119. The van der Waals surface area contributed by atoms with Crippen molar-refractivity contribution in [2.75, 3.05) is 0 Å². The number of thiophene rings is 1. The molecule has 0 unspecified atom stereocenters. The average Bonchev–Trinajstić information content (AvgIpc) is 3.16. The number of nitrogens with two attached hydrogens (primary N) is 1. The van der Waals surface area contributed by atoms with Gasteiger partial charge in [0, 0.05) is 11.9 Å². The molecule has 9 heteroatoms. The van der Waals surface area contributed by atoms with E-state index in [1.54, 1.807) is 18.3 Å². The lowest BCUT2D eigenvalue weighted by Crippen LogP contribution is -2.39. The molecule has 2 aromatic heterocycles. The molecule has 2 aromatic rings. The minimum Gasteiger partial charge on any atom is -0.351 e. The summed E-state index contributed by atoms with van der Waals surface area (Å²) in [5.41, 5.74) is 6.75. The Balaban J connectivity index is 1.77. The Labute approximate surface area is 173 Å². The molecule has 0 radical (unpaired) electrons. The van der Waals surface area contributed by atoms with Crippen molar-refractivity contribution in [1.82, 2.24) is 20.1 Å². The molecule has 0 aromatic carbocycles. The summed E-state index contributed by atoms with van der Waals surface area (Å²) < 4.78 is 1.90. The Bertz CT molecular complexity index is 897. The van der Waals surface area contributed by atoms with Crippen LogP contribution >= 0.6 is 23.1 Å². The zero-order valence-corrected chi connectivity index (χ0v) is 18.5. The second-order valence-corrected chi connectivity index (χ2v) is 10.8. The average molecular weight is 422 g/mol. The van der Waals surface area contributed by atoms with Gasteiger partial charge in [0.25, 0.3) is 0 Å². The van der Waals surface area contributed by atoms with Crippen LogP contribution in [0.4, 0.5) is 4.79 Å². The van der Waals surface area contributed by atoms with Crippen LogP contribution in [0.2, 0.25) is 0 Å². The molecule has 3 amide bonds. The summed E-state index contributed by atoms with van der Waals surface area (Å²) in [6.45, 7) is 8.65. The Kier molecular flexibility index (Phi) is 5.86. The zero-order valence-electron chi connectivity index (χ0n) is 16.9. The van der Waals surface area contributed by atoms with E-state index in [0.29, 0.717) is 16.5 Å². The van der Waals surface area contributed by atoms with Crippen molar-refractivity contribution >= 4 is 35.0 Å². The van der Waals surface area contributed by atoms with Crippen molar-refractivity contribution in [3.05, 3.63) is 16.5 Å². The fraction of sp³-hybridized carbons (Fsp3) is 0.579. The Hall–Kier alpha value is -1.87. The van der Waals surface area contributed by atoms with Crippen LogP contribution in [0, 0.1) is 11.3 Å². The third kappa shape index (κ3) is 4.41. The molecule has 2 heterocycles. The van der Waals surface area contributed by atoms with Crippen molar-refractivity contribution in [3.63, 3.8) is 0 Å². The van der Waals surface area contributed by atoms with Crippen LogP contribution < -0.4 is 11.1 Å². The van der Waals surface area contributed by atoms with Gasteiger partial charge in [-0.05, 0) is 49.1 Å². The molecule has 3 N–H and O–H groups in total. The van der Waals surface area contributed by atoms with E-state index in [0.717, 1.165) is 23.5 Å². The third-order valence-corrected chi connectivity index (χ3v) is 7.63. The number of primary amides is 1. The molecule has 2 atom stereocenters. The maximum atomic E-state index is 11.9. The molecule has 0 bridgehead atoms. The van der Waals surface area contributed by atoms with Gasteiger partial charge in [0.2, 0.25) is 5.91 Å². The number of carbonyl (C=O) groups is 2. The first-order valence-electron chi connectivity index (χ1n) is 9.34. The van der Waals surface area contributed by atoms with E-state index >= 15 is 0 Å². The first-order chi connectivity index (χ1) is 13.1. The van der Waals surface area contributed by atoms with Gasteiger partial charge in [0.1, 0.15) is 0 Å². The molecule has 0 saturated carbocycles. The standard InChI is InChI=1S/C19H27N5O2S2/c1-10(16(25)21-17(20)26)27-18-23-22-15(24(18)5)14-9-11-8-12(19(2,3)4)6-7-13(11)28-14/h9-10,12H,6-8H2,1-5H3,(H3,20,21,25,26)/t10-,12+/m1/s1. The summed E-state index contributed by atoms with van der Waals surface area (Å²) in [6.07, 6.45) is 3.45. The highest BCUT2D eigenvalue weighted by atomic mass is 32.2. The molecule has 1 aliphatic carbocycles. The lowest BCUT2D eigenvalue weighted by atomic mass is 9.72. The van der Waals surface area contributed by atoms with E-state index in [1.165, 1.54) is 28.6 Å². The number of imide groups is 1. The zero-order chi connectivity index (χ0) is 20.6. The van der Waals surface area contributed by atoms with E-state index in [1.807, 2.05) is 11.6 Å². The number of urea groups is 1. The molecule has 3 rings (SSSR count). The van der Waals surface area contributed by atoms with E-state index in [9.17, 15) is 9.59 Å². The van der Waals surface area contributed by atoms with E-state index in [2.05, 4.69) is 42.4 Å². The van der Waals surface area contributed by atoms with Crippen LogP contribution in [-0.4, -0.2) is 32.0 Å². The molecule has 0 saturated heterocycles. The highest BCUT2D eigenvalue weighted by Gasteiger charge is 2.30. The van der Waals surface area contributed by atoms with Gasteiger partial charge in [0.05, 0.1) is 10.1 Å². The SMILES string of the molecule is C[C@@H](Sc1nnc(-c2cc3c(s2)CC[C@H](C(C)(C)C)C3)n1C)C(=O)NC(N)=O. The predicted molar refractivity (Wildman–Crippen MR) is 112 cm³/mol. The number of fused-ring (bicyclic) bond motifs is 1. The molecule has 0 aliphatic heterocycles. The highest BCUT2D eigenvalue weighted by molar-refractivity contribution is 8.00. The van der Waals surface area contributed by atoms with Crippen LogP contribution in [0.25, 0.3) is 10.7 Å². The summed E-state index contributed by atoms with van der Waals surface area (Å²) in [6, 6.07) is 1.40. The van der Waals surface area contributed by atoms with Crippen LogP contribution in [0.1, 0.15) is 44.6 Å². The van der Waals surface area contributed by atoms with Gasteiger partial charge in [-0.15, -0.1) is 21.5 Å². The number of nitrogens with one attached hydrogen (secondary N) is 1. The smallest absolute Gasteiger partial charge is 0.318 e. The van der Waals surface area contributed by atoms with Crippen LogP contribution in [0.15, 0.2) is 11.2 Å². The van der Waals surface area contributed by atoms with Crippen molar-refractivity contribution in [2.45, 2.75) is 57.4 Å². The van der Waals surface area contributed by atoms with Crippen LogP contribution in [0.5, 0.6) is 0 Å². The summed E-state index contributed by atoms with van der Waals surface area (Å²) in [4.78, 5) is 25.3. The second-order valence-electron chi connectivity index (χ2n) is 8.34. The van der Waals surface area contributed by atoms with Crippen molar-refractivity contribution in [2.24, 2.45) is 24.1 Å². The lowest BCUT2D eigenvalue weighted by Gasteiger charge is -2.33. The largest absolute Gasteiger partial charge is 0.351 e. The van der Waals surface area contributed by atoms with Gasteiger partial charge in [-0.3, -0.25) is 10.1 Å². The number of hydrogen-bond donors (Lipinski definition) is 2. The molecule has 7 nitrogen and oxygen atoms in total. The maximum absolute atomic E-state index is 11.9. The summed E-state index contributed by atoms with van der Waals surface area (Å²) >= 11 is 3.04. The van der Waals surface area contributed by atoms with Crippen LogP contribution in [-0.2, 0) is 24.7 Å². The molecule has 152 valence electrons. The molecule has 1 aliphatic rings. The predicted octanol–water partition coefficient (Wildman–Crippen LogP) is 3.37. The van der Waals surface area contributed by atoms with Crippen LogP contribution in [0.3, 0.4) is 0 Å².